The number of hydrogen-bond donors (Lipinski definition) is 2. The maximum absolute atomic E-state index is 12.3. The molecule has 2 aromatic heterocycles. The number of nitrogens with zero attached hydrogens (tertiary/aromatic N) is 1. The molecule has 0 saturated heterocycles. The summed E-state index contributed by atoms with van der Waals surface area (Å²) < 4.78 is 10.3. The number of nitriles is 1. The van der Waals surface area contributed by atoms with Crippen molar-refractivity contribution >= 4 is 44.6 Å². The van der Waals surface area contributed by atoms with Crippen molar-refractivity contribution in [3.8, 4) is 11.8 Å². The molecule has 0 aliphatic heterocycles. The Labute approximate surface area is 164 Å². The molecule has 2 heterocycles. The van der Waals surface area contributed by atoms with Crippen molar-refractivity contribution in [2.45, 2.75) is 26.2 Å². The summed E-state index contributed by atoms with van der Waals surface area (Å²) in [6.45, 7) is 1.89. The molecule has 2 aromatic rings. The third kappa shape index (κ3) is 3.91. The molecule has 3 rings (SSSR count). The van der Waals surface area contributed by atoms with Crippen LogP contribution in [-0.4, -0.2) is 25.6 Å². The largest absolute Gasteiger partial charge is 0.481 e. The average molecular weight is 406 g/mol. The van der Waals surface area contributed by atoms with Crippen molar-refractivity contribution in [2.75, 3.05) is 24.8 Å². The Hall–Kier alpha value is -2.57. The van der Waals surface area contributed by atoms with E-state index in [1.165, 1.54) is 29.8 Å². The lowest BCUT2D eigenvalue weighted by atomic mass is 9.88. The molecule has 27 heavy (non-hydrogen) atoms. The number of ether oxygens (including phenoxy) is 2. The number of hydrogen-bond acceptors (Lipinski definition) is 8. The predicted molar refractivity (Wildman–Crippen MR) is 104 cm³/mol. The van der Waals surface area contributed by atoms with E-state index in [2.05, 4.69) is 12.2 Å². The van der Waals surface area contributed by atoms with E-state index in [1.807, 2.05) is 6.07 Å². The lowest BCUT2D eigenvalue weighted by molar-refractivity contribution is -0.118. The van der Waals surface area contributed by atoms with Gasteiger partial charge in [-0.05, 0) is 30.7 Å². The number of nitrogens with one attached hydrogen (secondary N) is 1. The second-order valence-electron chi connectivity index (χ2n) is 6.34. The van der Waals surface area contributed by atoms with Crippen LogP contribution in [0.2, 0.25) is 0 Å². The number of nitrogen functional groups attached to an aromatic ring is 1. The molecule has 0 fully saturated rings. The standard InChI is InChI=1S/C18H19N3O4S2/c1-9-3-4-10-13(5-9)27-17(15(10)18(23)24-2)21-14(22)7-25-12-8-26-16(20)11(12)6-19/h8-9H,3-5,7,20H2,1-2H3,(H,21,22)/t9-/m1/s1. The molecule has 0 radical (unpaired) electrons. The molecule has 3 N–H and O–H groups in total. The van der Waals surface area contributed by atoms with E-state index in [0.717, 1.165) is 29.7 Å². The topological polar surface area (TPSA) is 114 Å². The summed E-state index contributed by atoms with van der Waals surface area (Å²) in [6, 6.07) is 1.96. The Bertz CT molecular complexity index is 926. The molecule has 0 unspecified atom stereocenters. The minimum Gasteiger partial charge on any atom is -0.481 e. The number of thiophene rings is 2. The lowest BCUT2D eigenvalue weighted by Crippen LogP contribution is -2.21. The van der Waals surface area contributed by atoms with Gasteiger partial charge < -0.3 is 20.5 Å². The first kappa shape index (κ1) is 19.2. The van der Waals surface area contributed by atoms with E-state index in [4.69, 9.17) is 20.5 Å². The van der Waals surface area contributed by atoms with E-state index in [9.17, 15) is 9.59 Å². The maximum Gasteiger partial charge on any atom is 0.341 e. The molecule has 9 heteroatoms. The van der Waals surface area contributed by atoms with Crippen molar-refractivity contribution in [1.29, 1.82) is 5.26 Å². The fraction of sp³-hybridized carbons (Fsp3) is 0.389. The Morgan fingerprint density at radius 1 is 1.48 bits per heavy atom. The summed E-state index contributed by atoms with van der Waals surface area (Å²) >= 11 is 2.59. The molecule has 0 bridgehead atoms. The van der Waals surface area contributed by atoms with Crippen LogP contribution < -0.4 is 15.8 Å². The van der Waals surface area contributed by atoms with Gasteiger partial charge in [-0.15, -0.1) is 22.7 Å². The van der Waals surface area contributed by atoms with Crippen LogP contribution in [0.25, 0.3) is 0 Å². The predicted octanol–water partition coefficient (Wildman–Crippen LogP) is 3.19. The molecule has 0 aromatic carbocycles. The summed E-state index contributed by atoms with van der Waals surface area (Å²) in [5, 5.41) is 14.3. The summed E-state index contributed by atoms with van der Waals surface area (Å²) in [5.74, 6) is -0.0410. The summed E-state index contributed by atoms with van der Waals surface area (Å²) in [6.07, 6.45) is 2.68. The van der Waals surface area contributed by atoms with Crippen molar-refractivity contribution in [3.05, 3.63) is 26.9 Å². The van der Waals surface area contributed by atoms with Crippen molar-refractivity contribution in [1.82, 2.24) is 0 Å². The highest BCUT2D eigenvalue weighted by Crippen LogP contribution is 2.40. The number of esters is 1. The third-order valence-electron chi connectivity index (χ3n) is 4.41. The van der Waals surface area contributed by atoms with Gasteiger partial charge in [0.1, 0.15) is 21.6 Å². The highest BCUT2D eigenvalue weighted by Gasteiger charge is 2.29. The summed E-state index contributed by atoms with van der Waals surface area (Å²) in [7, 11) is 1.33. The molecule has 7 nitrogen and oxygen atoms in total. The van der Waals surface area contributed by atoms with E-state index >= 15 is 0 Å². The van der Waals surface area contributed by atoms with Gasteiger partial charge in [-0.1, -0.05) is 6.92 Å². The molecule has 1 amide bonds. The molecule has 1 aliphatic carbocycles. The number of nitrogens with two attached hydrogens (primary N) is 1. The fourth-order valence-electron chi connectivity index (χ4n) is 3.04. The molecule has 1 atom stereocenters. The van der Waals surface area contributed by atoms with Crippen LogP contribution >= 0.6 is 22.7 Å². The van der Waals surface area contributed by atoms with Gasteiger partial charge in [0.2, 0.25) is 0 Å². The number of anilines is 2. The second kappa shape index (κ2) is 7.98. The summed E-state index contributed by atoms with van der Waals surface area (Å²) in [5.41, 5.74) is 7.32. The average Bonchev–Trinajstić information content (AvgIpc) is 3.18. The lowest BCUT2D eigenvalue weighted by Gasteiger charge is -2.18. The monoisotopic (exact) mass is 405 g/mol. The first-order valence-corrected chi connectivity index (χ1v) is 10.1. The molecule has 1 aliphatic rings. The van der Waals surface area contributed by atoms with Crippen LogP contribution in [0.1, 0.15) is 39.7 Å². The minimum atomic E-state index is -0.448. The van der Waals surface area contributed by atoms with Gasteiger partial charge in [0.25, 0.3) is 5.91 Å². The molecular formula is C18H19N3O4S2. The zero-order valence-corrected chi connectivity index (χ0v) is 16.6. The van der Waals surface area contributed by atoms with Crippen molar-refractivity contribution < 1.29 is 19.1 Å². The van der Waals surface area contributed by atoms with Gasteiger partial charge in [-0.2, -0.15) is 5.26 Å². The summed E-state index contributed by atoms with van der Waals surface area (Å²) in [4.78, 5) is 25.7. The molecule has 0 saturated carbocycles. The number of methoxy groups -OCH3 is 1. The van der Waals surface area contributed by atoms with Crippen LogP contribution in [-0.2, 0) is 22.4 Å². The second-order valence-corrected chi connectivity index (χ2v) is 8.35. The van der Waals surface area contributed by atoms with Crippen LogP contribution in [0, 0.1) is 17.2 Å². The van der Waals surface area contributed by atoms with Gasteiger partial charge in [0, 0.05) is 10.3 Å². The highest BCUT2D eigenvalue weighted by molar-refractivity contribution is 7.17. The van der Waals surface area contributed by atoms with E-state index < -0.39 is 11.9 Å². The van der Waals surface area contributed by atoms with Crippen molar-refractivity contribution in [3.63, 3.8) is 0 Å². The van der Waals surface area contributed by atoms with Crippen LogP contribution in [0.15, 0.2) is 5.38 Å². The van der Waals surface area contributed by atoms with E-state index in [1.54, 1.807) is 5.38 Å². The zero-order chi connectivity index (χ0) is 19.6. The third-order valence-corrected chi connectivity index (χ3v) is 6.37. The van der Waals surface area contributed by atoms with Gasteiger partial charge in [0.05, 0.1) is 12.7 Å². The van der Waals surface area contributed by atoms with Crippen LogP contribution in [0.3, 0.4) is 0 Å². The Morgan fingerprint density at radius 2 is 2.26 bits per heavy atom. The normalized spacial score (nSPS) is 15.5. The van der Waals surface area contributed by atoms with Gasteiger partial charge in [-0.25, -0.2) is 4.79 Å². The van der Waals surface area contributed by atoms with Gasteiger partial charge in [0.15, 0.2) is 12.4 Å². The molecule has 142 valence electrons. The first-order valence-electron chi connectivity index (χ1n) is 8.37. The number of carbonyl (C=O) groups is 2. The Balaban J connectivity index is 1.75. The Morgan fingerprint density at radius 3 is 2.96 bits per heavy atom. The quantitative estimate of drug-likeness (QED) is 0.738. The maximum atomic E-state index is 12.3. The minimum absolute atomic E-state index is 0.226. The van der Waals surface area contributed by atoms with Gasteiger partial charge in [-0.3, -0.25) is 4.79 Å². The van der Waals surface area contributed by atoms with Crippen molar-refractivity contribution in [2.24, 2.45) is 5.92 Å². The number of carbonyl (C=O) groups excluding carboxylic acids is 2. The number of fused-ring (bicyclic) bond motifs is 1. The number of amides is 1. The van der Waals surface area contributed by atoms with Crippen LogP contribution in [0.4, 0.5) is 10.0 Å². The molecular weight excluding hydrogens is 386 g/mol. The fourth-order valence-corrected chi connectivity index (χ4v) is 5.13. The van der Waals surface area contributed by atoms with E-state index in [-0.39, 0.29) is 17.9 Å². The van der Waals surface area contributed by atoms with Crippen LogP contribution in [0.5, 0.6) is 5.75 Å². The first-order chi connectivity index (χ1) is 12.9. The number of rotatable bonds is 5. The Kier molecular flexibility index (Phi) is 5.68. The highest BCUT2D eigenvalue weighted by atomic mass is 32.1. The smallest absolute Gasteiger partial charge is 0.341 e. The van der Waals surface area contributed by atoms with Gasteiger partial charge >= 0.3 is 5.97 Å². The molecule has 0 spiro atoms. The SMILES string of the molecule is COC(=O)c1c(NC(=O)COc2csc(N)c2C#N)sc2c1CC[C@@H](C)C2. The van der Waals surface area contributed by atoms with E-state index in [0.29, 0.717) is 21.5 Å². The zero-order valence-electron chi connectivity index (χ0n) is 15.0.